The Balaban J connectivity index is 1.36. The standard InChI is InChI=1S/C23H25N3O2/c1-28-19-9-5-6-16(12-19)13-26-14-18-10-11-23(20(18)15-26)22(27)24-21(25-23)17-7-3-2-4-8-17/h2-9,12,18,20H,10-11,13-15H2,1H3,(H,24,25,27)/t18-,20+,23-/m0/s1. The summed E-state index contributed by atoms with van der Waals surface area (Å²) < 4.78 is 5.35. The van der Waals surface area contributed by atoms with Crippen LogP contribution in [0.1, 0.15) is 24.0 Å². The van der Waals surface area contributed by atoms with Gasteiger partial charge in [0.2, 0.25) is 0 Å². The van der Waals surface area contributed by atoms with E-state index in [1.165, 1.54) is 5.56 Å². The summed E-state index contributed by atoms with van der Waals surface area (Å²) in [6, 6.07) is 18.2. The Bertz CT molecular complexity index is 926. The Hall–Kier alpha value is -2.66. The van der Waals surface area contributed by atoms with E-state index in [1.807, 2.05) is 42.5 Å². The van der Waals surface area contributed by atoms with Crippen LogP contribution < -0.4 is 10.1 Å². The third-order valence-corrected chi connectivity index (χ3v) is 6.55. The van der Waals surface area contributed by atoms with Crippen molar-refractivity contribution in [2.24, 2.45) is 16.8 Å². The molecule has 2 heterocycles. The molecule has 5 nitrogen and oxygen atoms in total. The van der Waals surface area contributed by atoms with Gasteiger partial charge in [0, 0.05) is 31.1 Å². The summed E-state index contributed by atoms with van der Waals surface area (Å²) in [4.78, 5) is 20.5. The second kappa shape index (κ2) is 6.74. The lowest BCUT2D eigenvalue weighted by Crippen LogP contribution is -2.44. The number of likely N-dealkylation sites (tertiary alicyclic amines) is 1. The van der Waals surface area contributed by atoms with Gasteiger partial charge < -0.3 is 10.1 Å². The van der Waals surface area contributed by atoms with Crippen LogP contribution in [0.4, 0.5) is 0 Å². The largest absolute Gasteiger partial charge is 0.497 e. The number of nitrogens with zero attached hydrogens (tertiary/aromatic N) is 2. The SMILES string of the molecule is COc1cccc(CN2C[C@@H]3CC[C@]4(N=C(c5ccccc5)NC4=O)[C@@H]3C2)c1. The summed E-state index contributed by atoms with van der Waals surface area (Å²) in [6.45, 7) is 2.84. The van der Waals surface area contributed by atoms with Crippen molar-refractivity contribution < 1.29 is 9.53 Å². The second-order valence-corrected chi connectivity index (χ2v) is 8.16. The number of rotatable bonds is 4. The molecule has 0 aromatic heterocycles. The smallest absolute Gasteiger partial charge is 0.253 e. The van der Waals surface area contributed by atoms with Crippen molar-refractivity contribution in [1.82, 2.24) is 10.2 Å². The van der Waals surface area contributed by atoms with Crippen LogP contribution in [0, 0.1) is 11.8 Å². The van der Waals surface area contributed by atoms with Gasteiger partial charge in [-0.05, 0) is 36.5 Å². The van der Waals surface area contributed by atoms with Crippen LogP contribution in [0.5, 0.6) is 5.75 Å². The molecule has 5 rings (SSSR count). The molecule has 2 aromatic rings. The van der Waals surface area contributed by atoms with Crippen LogP contribution in [0.15, 0.2) is 59.6 Å². The molecule has 0 radical (unpaired) electrons. The predicted octanol–water partition coefficient (Wildman–Crippen LogP) is 2.85. The third kappa shape index (κ3) is 2.81. The average molecular weight is 375 g/mol. The van der Waals surface area contributed by atoms with E-state index in [0.717, 1.165) is 49.6 Å². The molecule has 0 bridgehead atoms. The number of carbonyl (C=O) groups excluding carboxylic acids is 1. The normalized spacial score (nSPS) is 29.0. The first-order valence-electron chi connectivity index (χ1n) is 10.00. The molecule has 28 heavy (non-hydrogen) atoms. The summed E-state index contributed by atoms with van der Waals surface area (Å²) in [7, 11) is 1.70. The number of hydrogen-bond acceptors (Lipinski definition) is 4. The number of methoxy groups -OCH3 is 1. The molecule has 3 atom stereocenters. The number of carbonyl (C=O) groups is 1. The first-order valence-corrected chi connectivity index (χ1v) is 10.00. The molecule has 1 aliphatic carbocycles. The van der Waals surface area contributed by atoms with Crippen molar-refractivity contribution in [3.63, 3.8) is 0 Å². The molecular formula is C23H25N3O2. The number of hydrogen-bond donors (Lipinski definition) is 1. The van der Waals surface area contributed by atoms with Gasteiger partial charge in [0.15, 0.2) is 0 Å². The van der Waals surface area contributed by atoms with Gasteiger partial charge in [-0.1, -0.05) is 42.5 Å². The number of ether oxygens (including phenoxy) is 1. The van der Waals surface area contributed by atoms with Crippen LogP contribution in [-0.2, 0) is 11.3 Å². The highest BCUT2D eigenvalue weighted by Gasteiger charge is 2.59. The van der Waals surface area contributed by atoms with Gasteiger partial charge in [-0.3, -0.25) is 14.7 Å². The van der Waals surface area contributed by atoms with Crippen molar-refractivity contribution in [2.75, 3.05) is 20.2 Å². The van der Waals surface area contributed by atoms with Gasteiger partial charge in [-0.15, -0.1) is 0 Å². The van der Waals surface area contributed by atoms with Crippen LogP contribution in [0.25, 0.3) is 0 Å². The molecule has 1 saturated carbocycles. The van der Waals surface area contributed by atoms with E-state index < -0.39 is 5.54 Å². The van der Waals surface area contributed by atoms with Crippen LogP contribution in [0.3, 0.4) is 0 Å². The maximum absolute atomic E-state index is 13.0. The zero-order chi connectivity index (χ0) is 19.1. The molecule has 3 aliphatic rings. The number of amidine groups is 1. The summed E-state index contributed by atoms with van der Waals surface area (Å²) in [5.41, 5.74) is 1.65. The average Bonchev–Trinajstić information content (AvgIpc) is 3.38. The van der Waals surface area contributed by atoms with E-state index in [4.69, 9.17) is 9.73 Å². The lowest BCUT2D eigenvalue weighted by molar-refractivity contribution is -0.125. The van der Waals surface area contributed by atoms with Crippen molar-refractivity contribution in [3.05, 3.63) is 65.7 Å². The van der Waals surface area contributed by atoms with Crippen molar-refractivity contribution >= 4 is 11.7 Å². The highest BCUT2D eigenvalue weighted by molar-refractivity contribution is 6.15. The second-order valence-electron chi connectivity index (χ2n) is 8.16. The highest BCUT2D eigenvalue weighted by Crippen LogP contribution is 2.49. The Morgan fingerprint density at radius 3 is 2.86 bits per heavy atom. The van der Waals surface area contributed by atoms with E-state index in [0.29, 0.717) is 11.8 Å². The highest BCUT2D eigenvalue weighted by atomic mass is 16.5. The molecule has 2 aromatic carbocycles. The first kappa shape index (κ1) is 17.4. The molecular weight excluding hydrogens is 350 g/mol. The van der Waals surface area contributed by atoms with Crippen LogP contribution in [-0.4, -0.2) is 42.4 Å². The molecule has 1 spiro atoms. The van der Waals surface area contributed by atoms with Gasteiger partial charge in [0.25, 0.3) is 5.91 Å². The molecule has 1 N–H and O–H groups in total. The van der Waals surface area contributed by atoms with Crippen molar-refractivity contribution in [2.45, 2.75) is 24.9 Å². The summed E-state index contributed by atoms with van der Waals surface area (Å²) in [6.07, 6.45) is 1.93. The van der Waals surface area contributed by atoms with Crippen LogP contribution in [0.2, 0.25) is 0 Å². The topological polar surface area (TPSA) is 53.9 Å². The van der Waals surface area contributed by atoms with Crippen LogP contribution >= 0.6 is 0 Å². The minimum atomic E-state index is -0.584. The Labute approximate surface area is 165 Å². The van der Waals surface area contributed by atoms with Gasteiger partial charge in [0.1, 0.15) is 17.1 Å². The molecule has 0 unspecified atom stereocenters. The minimum absolute atomic E-state index is 0.0853. The van der Waals surface area contributed by atoms with E-state index >= 15 is 0 Å². The zero-order valence-corrected chi connectivity index (χ0v) is 16.1. The molecule has 144 valence electrons. The Morgan fingerprint density at radius 2 is 2.04 bits per heavy atom. The number of fused-ring (bicyclic) bond motifs is 2. The quantitative estimate of drug-likeness (QED) is 0.894. The maximum atomic E-state index is 13.0. The van der Waals surface area contributed by atoms with E-state index in [9.17, 15) is 4.79 Å². The van der Waals surface area contributed by atoms with Crippen molar-refractivity contribution in [1.29, 1.82) is 0 Å². The number of amides is 1. The first-order chi connectivity index (χ1) is 13.7. The lowest BCUT2D eigenvalue weighted by Gasteiger charge is -2.25. The Morgan fingerprint density at radius 1 is 1.18 bits per heavy atom. The molecule has 1 saturated heterocycles. The molecule has 1 amide bonds. The summed E-state index contributed by atoms with van der Waals surface area (Å²) >= 11 is 0. The van der Waals surface area contributed by atoms with Gasteiger partial charge >= 0.3 is 0 Å². The number of benzene rings is 2. The minimum Gasteiger partial charge on any atom is -0.497 e. The molecule has 2 aliphatic heterocycles. The van der Waals surface area contributed by atoms with E-state index in [1.54, 1.807) is 7.11 Å². The van der Waals surface area contributed by atoms with Gasteiger partial charge in [0.05, 0.1) is 7.11 Å². The third-order valence-electron chi connectivity index (χ3n) is 6.55. The van der Waals surface area contributed by atoms with Gasteiger partial charge in [-0.25, -0.2) is 0 Å². The van der Waals surface area contributed by atoms with Gasteiger partial charge in [-0.2, -0.15) is 0 Å². The van der Waals surface area contributed by atoms with E-state index in [2.05, 4.69) is 22.3 Å². The summed E-state index contributed by atoms with van der Waals surface area (Å²) in [5.74, 6) is 2.54. The fraction of sp³-hybridized carbons (Fsp3) is 0.391. The summed E-state index contributed by atoms with van der Waals surface area (Å²) in [5, 5.41) is 3.07. The lowest BCUT2D eigenvalue weighted by atomic mass is 9.85. The number of nitrogens with one attached hydrogen (secondary N) is 1. The Kier molecular flexibility index (Phi) is 4.20. The monoisotopic (exact) mass is 375 g/mol. The number of aliphatic imine (C=N–C) groups is 1. The molecule has 2 fully saturated rings. The van der Waals surface area contributed by atoms with E-state index in [-0.39, 0.29) is 5.91 Å². The fourth-order valence-electron chi connectivity index (χ4n) is 5.19. The molecule has 5 heteroatoms. The zero-order valence-electron chi connectivity index (χ0n) is 16.1. The fourth-order valence-corrected chi connectivity index (χ4v) is 5.19. The predicted molar refractivity (Wildman–Crippen MR) is 108 cm³/mol. The maximum Gasteiger partial charge on any atom is 0.253 e. The van der Waals surface area contributed by atoms with Crippen molar-refractivity contribution in [3.8, 4) is 5.75 Å².